The highest BCUT2D eigenvalue weighted by molar-refractivity contribution is 5.95. The molecule has 4 rings (SSSR count). The average Bonchev–Trinajstić information content (AvgIpc) is 3.40. The number of carbonyl (C=O) groups is 2. The Hall–Kier alpha value is -3.65. The summed E-state index contributed by atoms with van der Waals surface area (Å²) in [6, 6.07) is 17.1. The van der Waals surface area contributed by atoms with Crippen molar-refractivity contribution in [2.75, 3.05) is 33.3 Å². The topological polar surface area (TPSA) is 75.0 Å². The first-order chi connectivity index (χ1) is 16.5. The molecule has 0 saturated carbocycles. The van der Waals surface area contributed by atoms with Crippen LogP contribution in [0.3, 0.4) is 0 Å². The molecule has 1 aliphatic heterocycles. The fourth-order valence-electron chi connectivity index (χ4n) is 4.10. The Balaban J connectivity index is 1.38. The van der Waals surface area contributed by atoms with Crippen molar-refractivity contribution in [2.24, 2.45) is 0 Å². The van der Waals surface area contributed by atoms with Gasteiger partial charge in [-0.05, 0) is 35.4 Å². The van der Waals surface area contributed by atoms with Gasteiger partial charge < -0.3 is 19.4 Å². The van der Waals surface area contributed by atoms with E-state index >= 15 is 0 Å². The van der Waals surface area contributed by atoms with Gasteiger partial charge in [0.25, 0.3) is 5.91 Å². The maximum Gasteiger partial charge on any atom is 0.287 e. The number of hydrogen-bond donors (Lipinski definition) is 1. The molecule has 1 fully saturated rings. The van der Waals surface area contributed by atoms with Crippen LogP contribution in [0.5, 0.6) is 5.75 Å². The smallest absolute Gasteiger partial charge is 0.287 e. The van der Waals surface area contributed by atoms with E-state index in [1.165, 1.54) is 19.4 Å². The number of nitrogens with zero attached hydrogens (tertiary/aromatic N) is 2. The van der Waals surface area contributed by atoms with Crippen molar-refractivity contribution in [3.05, 3.63) is 89.6 Å². The lowest BCUT2D eigenvalue weighted by atomic mass is 10.0. The third-order valence-electron chi connectivity index (χ3n) is 5.94. The average molecular weight is 466 g/mol. The summed E-state index contributed by atoms with van der Waals surface area (Å²) in [5, 5.41) is 2.84. The number of methoxy groups -OCH3 is 1. The lowest BCUT2D eigenvalue weighted by Gasteiger charge is -2.36. The molecule has 1 atom stereocenters. The normalized spacial score (nSPS) is 15.1. The van der Waals surface area contributed by atoms with Crippen LogP contribution in [0.4, 0.5) is 4.39 Å². The highest BCUT2D eigenvalue weighted by Crippen LogP contribution is 2.19. The lowest BCUT2D eigenvalue weighted by Crippen LogP contribution is -2.55. The second-order valence-electron chi connectivity index (χ2n) is 8.26. The highest BCUT2D eigenvalue weighted by atomic mass is 19.1. The van der Waals surface area contributed by atoms with Crippen molar-refractivity contribution >= 4 is 11.8 Å². The van der Waals surface area contributed by atoms with E-state index in [0.717, 1.165) is 11.1 Å². The molecule has 2 amide bonds. The van der Waals surface area contributed by atoms with Gasteiger partial charge in [-0.2, -0.15) is 0 Å². The van der Waals surface area contributed by atoms with Gasteiger partial charge in [-0.25, -0.2) is 4.39 Å². The monoisotopic (exact) mass is 465 g/mol. The Morgan fingerprint density at radius 3 is 2.44 bits per heavy atom. The zero-order valence-corrected chi connectivity index (χ0v) is 19.1. The first-order valence-corrected chi connectivity index (χ1v) is 11.3. The Morgan fingerprint density at radius 2 is 1.79 bits per heavy atom. The molecule has 3 aromatic rings. The standard InChI is InChI=1S/C26H28FN3O4/c1-33-23-10-9-20(16-21(23)27)18-29-11-13-30(14-12-29)26(32)22(17-19-6-3-2-4-7-19)28-25(31)24-8-5-15-34-24/h2-10,15-16,22H,11-14,17-18H2,1H3,(H,28,31)/t22-/m0/s1. The van der Waals surface area contributed by atoms with Crippen LogP contribution in [0.1, 0.15) is 21.7 Å². The molecule has 2 heterocycles. The fraction of sp³-hybridized carbons (Fsp3) is 0.308. The van der Waals surface area contributed by atoms with Gasteiger partial charge in [-0.15, -0.1) is 0 Å². The van der Waals surface area contributed by atoms with Gasteiger partial charge >= 0.3 is 0 Å². The van der Waals surface area contributed by atoms with E-state index in [1.54, 1.807) is 23.1 Å². The molecule has 2 aromatic carbocycles. The first kappa shape index (κ1) is 23.5. The number of nitrogens with one attached hydrogen (secondary N) is 1. The van der Waals surface area contributed by atoms with E-state index < -0.39 is 11.9 Å². The Kier molecular flexibility index (Phi) is 7.59. The fourth-order valence-corrected chi connectivity index (χ4v) is 4.10. The minimum absolute atomic E-state index is 0.126. The van der Waals surface area contributed by atoms with Gasteiger partial charge in [-0.3, -0.25) is 14.5 Å². The van der Waals surface area contributed by atoms with Crippen LogP contribution in [0.15, 0.2) is 71.3 Å². The van der Waals surface area contributed by atoms with Crippen LogP contribution >= 0.6 is 0 Å². The second-order valence-corrected chi connectivity index (χ2v) is 8.26. The quantitative estimate of drug-likeness (QED) is 0.553. The molecule has 1 saturated heterocycles. The summed E-state index contributed by atoms with van der Waals surface area (Å²) >= 11 is 0. The predicted molar refractivity (Wildman–Crippen MR) is 125 cm³/mol. The predicted octanol–water partition coefficient (Wildman–Crippen LogP) is 3.11. The number of benzene rings is 2. The molecular weight excluding hydrogens is 437 g/mol. The maximum absolute atomic E-state index is 14.0. The second kappa shape index (κ2) is 11.0. The molecular formula is C26H28FN3O4. The summed E-state index contributed by atoms with van der Waals surface area (Å²) in [5.41, 5.74) is 1.81. The summed E-state index contributed by atoms with van der Waals surface area (Å²) in [5.74, 6) is -0.536. The van der Waals surface area contributed by atoms with Crippen LogP contribution in [0.2, 0.25) is 0 Å². The molecule has 1 aliphatic rings. The zero-order chi connectivity index (χ0) is 23.9. The van der Waals surface area contributed by atoms with E-state index in [9.17, 15) is 14.0 Å². The van der Waals surface area contributed by atoms with Crippen molar-refractivity contribution < 1.29 is 23.1 Å². The molecule has 0 unspecified atom stereocenters. The number of piperazine rings is 1. The molecule has 0 spiro atoms. The highest BCUT2D eigenvalue weighted by Gasteiger charge is 2.29. The van der Waals surface area contributed by atoms with Crippen LogP contribution in [0, 0.1) is 5.82 Å². The molecule has 178 valence electrons. The third kappa shape index (κ3) is 5.82. The van der Waals surface area contributed by atoms with Gasteiger partial charge in [0.05, 0.1) is 13.4 Å². The van der Waals surface area contributed by atoms with E-state index in [0.29, 0.717) is 39.1 Å². The Bertz CT molecular complexity index is 1100. The molecule has 1 aromatic heterocycles. The maximum atomic E-state index is 14.0. The molecule has 0 radical (unpaired) electrons. The van der Waals surface area contributed by atoms with Gasteiger partial charge in [0.1, 0.15) is 6.04 Å². The van der Waals surface area contributed by atoms with Crippen molar-refractivity contribution in [3.8, 4) is 5.75 Å². The SMILES string of the molecule is COc1ccc(CN2CCN(C(=O)[C@H](Cc3ccccc3)NC(=O)c3ccco3)CC2)cc1F. The number of ether oxygens (including phenoxy) is 1. The number of rotatable bonds is 8. The van der Waals surface area contributed by atoms with Crippen LogP contribution in [-0.2, 0) is 17.8 Å². The summed E-state index contributed by atoms with van der Waals surface area (Å²) in [4.78, 5) is 29.9. The molecule has 34 heavy (non-hydrogen) atoms. The van der Waals surface area contributed by atoms with Crippen molar-refractivity contribution in [3.63, 3.8) is 0 Å². The first-order valence-electron chi connectivity index (χ1n) is 11.3. The molecule has 7 nitrogen and oxygen atoms in total. The number of hydrogen-bond acceptors (Lipinski definition) is 5. The van der Waals surface area contributed by atoms with Crippen molar-refractivity contribution in [1.29, 1.82) is 0 Å². The molecule has 8 heteroatoms. The number of halogens is 1. The third-order valence-corrected chi connectivity index (χ3v) is 5.94. The van der Waals surface area contributed by atoms with E-state index in [-0.39, 0.29) is 23.2 Å². The minimum Gasteiger partial charge on any atom is -0.494 e. The van der Waals surface area contributed by atoms with Gasteiger partial charge in [-0.1, -0.05) is 36.4 Å². The van der Waals surface area contributed by atoms with Crippen molar-refractivity contribution in [1.82, 2.24) is 15.1 Å². The van der Waals surface area contributed by atoms with E-state index in [2.05, 4.69) is 10.2 Å². The van der Waals surface area contributed by atoms with Crippen LogP contribution < -0.4 is 10.1 Å². The summed E-state index contributed by atoms with van der Waals surface area (Å²) < 4.78 is 24.2. The lowest BCUT2D eigenvalue weighted by molar-refractivity contribution is -0.135. The molecule has 1 N–H and O–H groups in total. The van der Waals surface area contributed by atoms with Crippen LogP contribution in [0.25, 0.3) is 0 Å². The van der Waals surface area contributed by atoms with Crippen molar-refractivity contribution in [2.45, 2.75) is 19.0 Å². The zero-order valence-electron chi connectivity index (χ0n) is 19.1. The van der Waals surface area contributed by atoms with E-state index in [4.69, 9.17) is 9.15 Å². The summed E-state index contributed by atoms with van der Waals surface area (Å²) in [6.45, 7) is 2.96. The Morgan fingerprint density at radius 1 is 1.03 bits per heavy atom. The number of carbonyl (C=O) groups excluding carboxylic acids is 2. The number of amides is 2. The Labute approximate surface area is 198 Å². The minimum atomic E-state index is -0.706. The largest absolute Gasteiger partial charge is 0.494 e. The summed E-state index contributed by atoms with van der Waals surface area (Å²) in [7, 11) is 1.44. The van der Waals surface area contributed by atoms with Gasteiger partial charge in [0, 0.05) is 39.1 Å². The molecule has 0 aliphatic carbocycles. The van der Waals surface area contributed by atoms with Crippen LogP contribution in [-0.4, -0.2) is 60.9 Å². The number of furan rings is 1. The van der Waals surface area contributed by atoms with E-state index in [1.807, 2.05) is 36.4 Å². The van der Waals surface area contributed by atoms with Gasteiger partial charge in [0.2, 0.25) is 5.91 Å². The van der Waals surface area contributed by atoms with Gasteiger partial charge in [0.15, 0.2) is 17.3 Å². The summed E-state index contributed by atoms with van der Waals surface area (Å²) in [6.07, 6.45) is 1.81. The molecule has 0 bridgehead atoms.